The van der Waals surface area contributed by atoms with Crippen LogP contribution >= 0.6 is 11.6 Å². The number of carbonyl (C=O) groups is 1. The predicted octanol–water partition coefficient (Wildman–Crippen LogP) is 4.60. The molecule has 1 aliphatic carbocycles. The van der Waals surface area contributed by atoms with Gasteiger partial charge in [0.1, 0.15) is 0 Å². The van der Waals surface area contributed by atoms with Gasteiger partial charge >= 0.3 is 0 Å². The minimum Gasteiger partial charge on any atom is -0.361 e. The van der Waals surface area contributed by atoms with Gasteiger partial charge in [-0.3, -0.25) is 4.79 Å². The molecule has 4 rings (SSSR count). The summed E-state index contributed by atoms with van der Waals surface area (Å²) in [6, 6.07) is 16.1. The zero-order chi connectivity index (χ0) is 17.3. The Balaban J connectivity index is 1.40. The first kappa shape index (κ1) is 16.2. The van der Waals surface area contributed by atoms with Crippen molar-refractivity contribution in [3.63, 3.8) is 0 Å². The number of aromatic amines is 1. The summed E-state index contributed by atoms with van der Waals surface area (Å²) in [6.45, 7) is 0.695. The second-order valence-corrected chi connectivity index (χ2v) is 7.37. The number of amides is 1. The smallest absolute Gasteiger partial charge is 0.220 e. The van der Waals surface area contributed by atoms with Crippen LogP contribution in [0.4, 0.5) is 0 Å². The van der Waals surface area contributed by atoms with E-state index in [1.165, 1.54) is 16.5 Å². The molecule has 128 valence electrons. The highest BCUT2D eigenvalue weighted by Gasteiger charge is 2.45. The summed E-state index contributed by atoms with van der Waals surface area (Å²) in [5.74, 6) is 0.119. The van der Waals surface area contributed by atoms with Crippen LogP contribution in [0, 0.1) is 0 Å². The Hall–Kier alpha value is -2.26. The third kappa shape index (κ3) is 3.42. The largest absolute Gasteiger partial charge is 0.361 e. The van der Waals surface area contributed by atoms with Gasteiger partial charge in [0.15, 0.2) is 0 Å². The number of halogens is 1. The van der Waals surface area contributed by atoms with E-state index in [1.54, 1.807) is 0 Å². The van der Waals surface area contributed by atoms with Crippen molar-refractivity contribution in [1.29, 1.82) is 0 Å². The maximum atomic E-state index is 12.2. The van der Waals surface area contributed by atoms with Crippen molar-refractivity contribution < 1.29 is 4.79 Å². The Morgan fingerprint density at radius 2 is 1.96 bits per heavy atom. The number of rotatable bonds is 6. The molecule has 1 heterocycles. The normalized spacial score (nSPS) is 15.2. The molecule has 0 radical (unpaired) electrons. The molecule has 0 spiro atoms. The third-order valence-electron chi connectivity index (χ3n) is 5.18. The van der Waals surface area contributed by atoms with Crippen LogP contribution in [0.3, 0.4) is 0 Å². The van der Waals surface area contributed by atoms with Crippen molar-refractivity contribution in [3.05, 3.63) is 70.9 Å². The average molecular weight is 353 g/mol. The molecule has 0 saturated heterocycles. The number of hydrogen-bond acceptors (Lipinski definition) is 1. The van der Waals surface area contributed by atoms with Crippen molar-refractivity contribution in [2.24, 2.45) is 0 Å². The summed E-state index contributed by atoms with van der Waals surface area (Å²) >= 11 is 6.16. The van der Waals surface area contributed by atoms with Crippen LogP contribution < -0.4 is 5.32 Å². The van der Waals surface area contributed by atoms with Crippen molar-refractivity contribution in [1.82, 2.24) is 10.3 Å². The molecule has 1 amide bonds. The number of fused-ring (bicyclic) bond motifs is 1. The van der Waals surface area contributed by atoms with Crippen molar-refractivity contribution in [3.8, 4) is 0 Å². The second-order valence-electron chi connectivity index (χ2n) is 6.93. The van der Waals surface area contributed by atoms with Crippen LogP contribution in [0.15, 0.2) is 54.7 Å². The molecule has 3 aromatic rings. The van der Waals surface area contributed by atoms with Crippen molar-refractivity contribution >= 4 is 28.4 Å². The van der Waals surface area contributed by atoms with Crippen LogP contribution in [0.25, 0.3) is 10.9 Å². The van der Waals surface area contributed by atoms with E-state index < -0.39 is 0 Å². The Bertz CT molecular complexity index is 897. The molecular weight excluding hydrogens is 332 g/mol. The van der Waals surface area contributed by atoms with Crippen LogP contribution in [-0.2, 0) is 16.6 Å². The standard InChI is InChI=1S/C21H21ClN2O/c22-16-7-8-19-17(12-16)18(13-23-19)21(10-11-21)14-24-20(25)9-6-15-4-2-1-3-5-15/h1-5,7-8,12-13,23H,6,9-11,14H2,(H,24,25). The van der Waals surface area contributed by atoms with Gasteiger partial charge in [-0.1, -0.05) is 41.9 Å². The van der Waals surface area contributed by atoms with Gasteiger partial charge < -0.3 is 10.3 Å². The molecule has 25 heavy (non-hydrogen) atoms. The van der Waals surface area contributed by atoms with Crippen LogP contribution in [-0.4, -0.2) is 17.4 Å². The van der Waals surface area contributed by atoms with Crippen LogP contribution in [0.5, 0.6) is 0 Å². The number of benzene rings is 2. The van der Waals surface area contributed by atoms with E-state index in [9.17, 15) is 4.79 Å². The number of H-pyrrole nitrogens is 1. The molecule has 4 heteroatoms. The summed E-state index contributed by atoms with van der Waals surface area (Å²) in [4.78, 5) is 15.6. The maximum absolute atomic E-state index is 12.2. The fourth-order valence-corrected chi connectivity index (χ4v) is 3.65. The van der Waals surface area contributed by atoms with Gasteiger partial charge in [-0.25, -0.2) is 0 Å². The van der Waals surface area contributed by atoms with Crippen molar-refractivity contribution in [2.75, 3.05) is 6.54 Å². The quantitative estimate of drug-likeness (QED) is 0.669. The third-order valence-corrected chi connectivity index (χ3v) is 5.41. The molecule has 0 aliphatic heterocycles. The van der Waals surface area contributed by atoms with E-state index >= 15 is 0 Å². The van der Waals surface area contributed by atoms with Crippen LogP contribution in [0.2, 0.25) is 5.02 Å². The minimum atomic E-state index is 0.0609. The lowest BCUT2D eigenvalue weighted by molar-refractivity contribution is -0.121. The molecule has 1 fully saturated rings. The number of carbonyl (C=O) groups excluding carboxylic acids is 1. The summed E-state index contributed by atoms with van der Waals surface area (Å²) in [5, 5.41) is 5.05. The highest BCUT2D eigenvalue weighted by atomic mass is 35.5. The lowest BCUT2D eigenvalue weighted by Crippen LogP contribution is -2.32. The average Bonchev–Trinajstić information content (AvgIpc) is 3.31. The monoisotopic (exact) mass is 352 g/mol. The lowest BCUT2D eigenvalue weighted by atomic mass is 9.95. The summed E-state index contributed by atoms with van der Waals surface area (Å²) in [5.41, 5.74) is 3.63. The van der Waals surface area contributed by atoms with Gasteiger partial charge in [0.05, 0.1) is 0 Å². The van der Waals surface area contributed by atoms with Crippen LogP contribution in [0.1, 0.15) is 30.4 Å². The topological polar surface area (TPSA) is 44.9 Å². The van der Waals surface area contributed by atoms with Gasteiger partial charge in [0, 0.05) is 40.5 Å². The van der Waals surface area contributed by atoms with E-state index in [0.717, 1.165) is 29.8 Å². The zero-order valence-electron chi connectivity index (χ0n) is 14.0. The molecule has 1 aliphatic rings. The number of aryl methyl sites for hydroxylation is 1. The molecular formula is C21H21ClN2O. The Kier molecular flexibility index (Phi) is 4.26. The summed E-state index contributed by atoms with van der Waals surface area (Å²) in [6.07, 6.45) is 5.59. The minimum absolute atomic E-state index is 0.0609. The molecule has 0 unspecified atom stereocenters. The van der Waals surface area contributed by atoms with Gasteiger partial charge in [0.2, 0.25) is 5.91 Å². The number of aromatic nitrogens is 1. The first-order valence-electron chi connectivity index (χ1n) is 8.74. The highest BCUT2D eigenvalue weighted by molar-refractivity contribution is 6.31. The first-order valence-corrected chi connectivity index (χ1v) is 9.12. The zero-order valence-corrected chi connectivity index (χ0v) is 14.8. The fourth-order valence-electron chi connectivity index (χ4n) is 3.48. The van der Waals surface area contributed by atoms with Gasteiger partial charge in [-0.15, -0.1) is 0 Å². The molecule has 0 atom stereocenters. The first-order chi connectivity index (χ1) is 12.2. The summed E-state index contributed by atoms with van der Waals surface area (Å²) < 4.78 is 0. The van der Waals surface area contributed by atoms with E-state index in [2.05, 4.69) is 28.6 Å². The molecule has 1 aromatic heterocycles. The van der Waals surface area contributed by atoms with Crippen molar-refractivity contribution in [2.45, 2.75) is 31.1 Å². The SMILES string of the molecule is O=C(CCc1ccccc1)NCC1(c2c[nH]c3ccc(Cl)cc23)CC1. The molecule has 3 nitrogen and oxygen atoms in total. The van der Waals surface area contributed by atoms with E-state index in [-0.39, 0.29) is 11.3 Å². The lowest BCUT2D eigenvalue weighted by Gasteiger charge is -2.16. The molecule has 2 aromatic carbocycles. The Morgan fingerprint density at radius 3 is 2.72 bits per heavy atom. The maximum Gasteiger partial charge on any atom is 0.220 e. The number of nitrogens with one attached hydrogen (secondary N) is 2. The van der Waals surface area contributed by atoms with E-state index in [0.29, 0.717) is 13.0 Å². The summed E-state index contributed by atoms with van der Waals surface area (Å²) in [7, 11) is 0. The number of hydrogen-bond donors (Lipinski definition) is 2. The Labute approximate surface area is 152 Å². The molecule has 2 N–H and O–H groups in total. The van der Waals surface area contributed by atoms with E-state index in [4.69, 9.17) is 11.6 Å². The molecule has 0 bridgehead atoms. The van der Waals surface area contributed by atoms with E-state index in [1.807, 2.05) is 36.4 Å². The predicted molar refractivity (Wildman–Crippen MR) is 102 cm³/mol. The molecule has 1 saturated carbocycles. The Morgan fingerprint density at radius 1 is 1.16 bits per heavy atom. The second kappa shape index (κ2) is 6.57. The van der Waals surface area contributed by atoms with Gasteiger partial charge in [0.25, 0.3) is 0 Å². The highest BCUT2D eigenvalue weighted by Crippen LogP contribution is 2.50. The van der Waals surface area contributed by atoms with Gasteiger partial charge in [-0.05, 0) is 48.6 Å². The fraction of sp³-hybridized carbons (Fsp3) is 0.286. The van der Waals surface area contributed by atoms with Gasteiger partial charge in [-0.2, -0.15) is 0 Å².